The van der Waals surface area contributed by atoms with E-state index in [1.165, 1.54) is 70.6 Å². The second-order valence-electron chi connectivity index (χ2n) is 8.56. The predicted octanol–water partition coefficient (Wildman–Crippen LogP) is 5.07. The summed E-state index contributed by atoms with van der Waals surface area (Å²) in [4.78, 5) is 0. The standard InChI is InChI=1S/C21H37NO/c1-2-16-3-8-18(9-4-16)19-10-5-17(6-11-19)7-13-21-14-12-20(22)15-23-21/h2,16-21H,1,3-15,22H2. The summed E-state index contributed by atoms with van der Waals surface area (Å²) in [5.74, 6) is 3.83. The molecule has 0 aromatic carbocycles. The van der Waals surface area contributed by atoms with E-state index in [0.717, 1.165) is 36.7 Å². The van der Waals surface area contributed by atoms with Crippen molar-refractivity contribution < 1.29 is 4.74 Å². The minimum absolute atomic E-state index is 0.290. The summed E-state index contributed by atoms with van der Waals surface area (Å²) < 4.78 is 5.89. The molecule has 2 unspecified atom stereocenters. The van der Waals surface area contributed by atoms with E-state index in [-0.39, 0.29) is 6.04 Å². The van der Waals surface area contributed by atoms with Gasteiger partial charge in [-0.2, -0.15) is 0 Å². The van der Waals surface area contributed by atoms with Gasteiger partial charge in [0.2, 0.25) is 0 Å². The van der Waals surface area contributed by atoms with Gasteiger partial charge in [-0.05, 0) is 87.9 Å². The van der Waals surface area contributed by atoms with Crippen LogP contribution < -0.4 is 5.73 Å². The molecule has 0 bridgehead atoms. The van der Waals surface area contributed by atoms with Crippen molar-refractivity contribution in [3.63, 3.8) is 0 Å². The maximum absolute atomic E-state index is 5.91. The first-order chi connectivity index (χ1) is 11.2. The quantitative estimate of drug-likeness (QED) is 0.718. The van der Waals surface area contributed by atoms with Crippen LogP contribution in [0.25, 0.3) is 0 Å². The van der Waals surface area contributed by atoms with Crippen LogP contribution in [0.1, 0.15) is 77.0 Å². The zero-order valence-electron chi connectivity index (χ0n) is 14.9. The normalized spacial score (nSPS) is 42.3. The molecule has 1 aliphatic heterocycles. The van der Waals surface area contributed by atoms with Crippen molar-refractivity contribution in [2.75, 3.05) is 6.61 Å². The highest BCUT2D eigenvalue weighted by Gasteiger charge is 2.30. The number of allylic oxidation sites excluding steroid dienone is 1. The number of hydrogen-bond donors (Lipinski definition) is 1. The van der Waals surface area contributed by atoms with Gasteiger partial charge in [-0.1, -0.05) is 18.9 Å². The lowest BCUT2D eigenvalue weighted by molar-refractivity contribution is -0.00404. The molecule has 23 heavy (non-hydrogen) atoms. The molecule has 2 aliphatic carbocycles. The Morgan fingerprint density at radius 3 is 2.04 bits per heavy atom. The Kier molecular flexibility index (Phi) is 6.59. The molecule has 2 N–H and O–H groups in total. The summed E-state index contributed by atoms with van der Waals surface area (Å²) in [6, 6.07) is 0.290. The molecule has 1 saturated heterocycles. The first-order valence-electron chi connectivity index (χ1n) is 10.2. The van der Waals surface area contributed by atoms with Gasteiger partial charge >= 0.3 is 0 Å². The molecule has 0 radical (unpaired) electrons. The summed E-state index contributed by atoms with van der Waals surface area (Å²) in [6.07, 6.45) is 19.3. The van der Waals surface area contributed by atoms with Crippen molar-refractivity contribution in [1.82, 2.24) is 0 Å². The first kappa shape index (κ1) is 17.5. The van der Waals surface area contributed by atoms with Gasteiger partial charge in [0.25, 0.3) is 0 Å². The number of ether oxygens (including phenoxy) is 1. The van der Waals surface area contributed by atoms with E-state index >= 15 is 0 Å². The van der Waals surface area contributed by atoms with Gasteiger partial charge < -0.3 is 10.5 Å². The van der Waals surface area contributed by atoms with E-state index < -0.39 is 0 Å². The Morgan fingerprint density at radius 1 is 0.826 bits per heavy atom. The van der Waals surface area contributed by atoms with Gasteiger partial charge in [0.15, 0.2) is 0 Å². The summed E-state index contributed by atoms with van der Waals surface area (Å²) >= 11 is 0. The Hall–Kier alpha value is -0.340. The molecule has 0 aromatic rings. The average molecular weight is 320 g/mol. The molecular weight excluding hydrogens is 282 g/mol. The fraction of sp³-hybridized carbons (Fsp3) is 0.905. The van der Waals surface area contributed by atoms with Crippen LogP contribution in [0.4, 0.5) is 0 Å². The van der Waals surface area contributed by atoms with E-state index in [9.17, 15) is 0 Å². The third-order valence-electron chi connectivity index (χ3n) is 7.01. The molecule has 3 aliphatic rings. The summed E-state index contributed by atoms with van der Waals surface area (Å²) in [5, 5.41) is 0. The molecule has 2 heteroatoms. The van der Waals surface area contributed by atoms with Gasteiger partial charge in [-0.25, -0.2) is 0 Å². The number of nitrogens with two attached hydrogens (primary N) is 1. The summed E-state index contributed by atoms with van der Waals surface area (Å²) in [5.41, 5.74) is 5.91. The van der Waals surface area contributed by atoms with Crippen LogP contribution in [0.2, 0.25) is 0 Å². The Morgan fingerprint density at radius 2 is 1.48 bits per heavy atom. The van der Waals surface area contributed by atoms with Crippen LogP contribution in [0.3, 0.4) is 0 Å². The molecule has 2 nitrogen and oxygen atoms in total. The number of hydrogen-bond acceptors (Lipinski definition) is 2. The minimum atomic E-state index is 0.290. The lowest BCUT2D eigenvalue weighted by Crippen LogP contribution is -2.35. The van der Waals surface area contributed by atoms with Gasteiger partial charge in [-0.3, -0.25) is 0 Å². The summed E-state index contributed by atoms with van der Waals surface area (Å²) in [6.45, 7) is 4.76. The zero-order valence-corrected chi connectivity index (χ0v) is 14.9. The highest BCUT2D eigenvalue weighted by atomic mass is 16.5. The van der Waals surface area contributed by atoms with Crippen LogP contribution in [0, 0.1) is 23.7 Å². The summed E-state index contributed by atoms with van der Waals surface area (Å²) in [7, 11) is 0. The maximum atomic E-state index is 5.91. The van der Waals surface area contributed by atoms with Gasteiger partial charge in [-0.15, -0.1) is 6.58 Å². The zero-order chi connectivity index (χ0) is 16.1. The molecule has 2 saturated carbocycles. The fourth-order valence-corrected chi connectivity index (χ4v) is 5.28. The van der Waals surface area contributed by atoms with Crippen molar-refractivity contribution in [1.29, 1.82) is 0 Å². The van der Waals surface area contributed by atoms with E-state index in [0.29, 0.717) is 6.10 Å². The van der Waals surface area contributed by atoms with Crippen LogP contribution in [0.5, 0.6) is 0 Å². The van der Waals surface area contributed by atoms with Crippen LogP contribution >= 0.6 is 0 Å². The van der Waals surface area contributed by atoms with E-state index in [4.69, 9.17) is 10.5 Å². The van der Waals surface area contributed by atoms with Crippen LogP contribution in [-0.2, 0) is 4.74 Å². The minimum Gasteiger partial charge on any atom is -0.377 e. The Labute approximate surface area is 143 Å². The molecule has 1 heterocycles. The largest absolute Gasteiger partial charge is 0.377 e. The van der Waals surface area contributed by atoms with Gasteiger partial charge in [0.1, 0.15) is 0 Å². The van der Waals surface area contributed by atoms with Crippen molar-refractivity contribution in [2.45, 2.75) is 89.2 Å². The maximum Gasteiger partial charge on any atom is 0.0621 e. The average Bonchev–Trinajstić information content (AvgIpc) is 2.62. The third kappa shape index (κ3) is 5.06. The molecule has 2 atom stereocenters. The highest BCUT2D eigenvalue weighted by Crippen LogP contribution is 2.42. The fourth-order valence-electron chi connectivity index (χ4n) is 5.28. The van der Waals surface area contributed by atoms with Gasteiger partial charge in [0, 0.05) is 6.04 Å². The second kappa shape index (κ2) is 8.67. The monoisotopic (exact) mass is 319 g/mol. The van der Waals surface area contributed by atoms with Crippen molar-refractivity contribution in [3.8, 4) is 0 Å². The molecule has 0 amide bonds. The van der Waals surface area contributed by atoms with E-state index in [1.54, 1.807) is 0 Å². The molecule has 132 valence electrons. The van der Waals surface area contributed by atoms with Crippen molar-refractivity contribution >= 4 is 0 Å². The van der Waals surface area contributed by atoms with Crippen molar-refractivity contribution in [3.05, 3.63) is 12.7 Å². The van der Waals surface area contributed by atoms with E-state index in [2.05, 4.69) is 12.7 Å². The SMILES string of the molecule is C=CC1CCC(C2CCC(CCC3CCC(N)CO3)CC2)CC1. The topological polar surface area (TPSA) is 35.2 Å². The highest BCUT2D eigenvalue weighted by molar-refractivity contribution is 4.87. The lowest BCUT2D eigenvalue weighted by atomic mass is 9.68. The third-order valence-corrected chi connectivity index (χ3v) is 7.01. The second-order valence-corrected chi connectivity index (χ2v) is 8.56. The van der Waals surface area contributed by atoms with E-state index in [1.807, 2.05) is 0 Å². The Bertz CT molecular complexity index is 345. The molecular formula is C21H37NO. The lowest BCUT2D eigenvalue weighted by Gasteiger charge is -2.37. The molecule has 0 aromatic heterocycles. The van der Waals surface area contributed by atoms with Crippen LogP contribution in [-0.4, -0.2) is 18.8 Å². The molecule has 3 rings (SSSR count). The molecule has 0 spiro atoms. The number of rotatable bonds is 5. The predicted molar refractivity (Wildman–Crippen MR) is 97.3 cm³/mol. The smallest absolute Gasteiger partial charge is 0.0621 e. The van der Waals surface area contributed by atoms with Crippen molar-refractivity contribution in [2.24, 2.45) is 29.4 Å². The molecule has 3 fully saturated rings. The Balaban J connectivity index is 1.32. The van der Waals surface area contributed by atoms with Crippen LogP contribution in [0.15, 0.2) is 12.7 Å². The van der Waals surface area contributed by atoms with Gasteiger partial charge in [0.05, 0.1) is 12.7 Å². The first-order valence-corrected chi connectivity index (χ1v) is 10.2.